The third-order valence-corrected chi connectivity index (χ3v) is 4.59. The highest BCUT2D eigenvalue weighted by Gasteiger charge is 2.33. The number of alkyl halides is 2. The maximum Gasteiger partial charge on any atom is 0.250 e. The van der Waals surface area contributed by atoms with Crippen LogP contribution in [0.1, 0.15) is 18.4 Å². The Hall–Kier alpha value is -2.12. The first-order chi connectivity index (χ1) is 12.6. The standard InChI is InChI=1S/C19H25F2N5/c1-22-12-15-3-2-4-16(11-15)17-13-24-18(25-14-17)23-7-10-26-8-5-19(20,21)6-9-26/h2-4,11,13-14,22H,5-10,12H2,1H3,(H,23,24,25). The molecule has 5 nitrogen and oxygen atoms in total. The number of nitrogens with zero attached hydrogens (tertiary/aromatic N) is 3. The molecule has 2 N–H and O–H groups in total. The normalized spacial score (nSPS) is 17.2. The van der Waals surface area contributed by atoms with Crippen LogP contribution in [0.4, 0.5) is 14.7 Å². The predicted octanol–water partition coefficient (Wildman–Crippen LogP) is 3.01. The average Bonchev–Trinajstić information content (AvgIpc) is 2.64. The van der Waals surface area contributed by atoms with Crippen LogP contribution in [0.5, 0.6) is 0 Å². The number of nitrogens with one attached hydrogen (secondary N) is 2. The van der Waals surface area contributed by atoms with E-state index in [1.807, 2.05) is 24.1 Å². The molecule has 0 spiro atoms. The second-order valence-corrected chi connectivity index (χ2v) is 6.65. The molecule has 0 bridgehead atoms. The zero-order chi connectivity index (χ0) is 18.4. The number of piperidine rings is 1. The van der Waals surface area contributed by atoms with Crippen molar-refractivity contribution in [1.29, 1.82) is 0 Å². The highest BCUT2D eigenvalue weighted by molar-refractivity contribution is 5.62. The van der Waals surface area contributed by atoms with E-state index in [4.69, 9.17) is 0 Å². The fraction of sp³-hybridized carbons (Fsp3) is 0.474. The maximum absolute atomic E-state index is 13.1. The van der Waals surface area contributed by atoms with E-state index in [0.29, 0.717) is 32.1 Å². The van der Waals surface area contributed by atoms with Gasteiger partial charge in [0.15, 0.2) is 0 Å². The third-order valence-electron chi connectivity index (χ3n) is 4.59. The van der Waals surface area contributed by atoms with E-state index in [-0.39, 0.29) is 12.8 Å². The molecular formula is C19H25F2N5. The number of hydrogen-bond acceptors (Lipinski definition) is 5. The van der Waals surface area contributed by atoms with Crippen LogP contribution in [0, 0.1) is 0 Å². The lowest BCUT2D eigenvalue weighted by Gasteiger charge is -2.31. The zero-order valence-corrected chi connectivity index (χ0v) is 15.0. The van der Waals surface area contributed by atoms with Gasteiger partial charge in [-0.2, -0.15) is 0 Å². The Morgan fingerprint density at radius 1 is 1.12 bits per heavy atom. The molecule has 26 heavy (non-hydrogen) atoms. The Balaban J connectivity index is 1.49. The molecule has 1 aliphatic heterocycles. The fourth-order valence-corrected chi connectivity index (χ4v) is 3.06. The van der Waals surface area contributed by atoms with E-state index in [1.165, 1.54) is 5.56 Å². The largest absolute Gasteiger partial charge is 0.353 e. The molecule has 2 aromatic rings. The molecule has 1 aromatic heterocycles. The summed E-state index contributed by atoms with van der Waals surface area (Å²) in [6.45, 7) is 3.06. The number of halogens is 2. The van der Waals surface area contributed by atoms with Crippen LogP contribution in [0.15, 0.2) is 36.7 Å². The molecule has 0 unspecified atom stereocenters. The number of anilines is 1. The second kappa shape index (κ2) is 8.51. The summed E-state index contributed by atoms with van der Waals surface area (Å²) >= 11 is 0. The first-order valence-corrected chi connectivity index (χ1v) is 8.96. The molecule has 2 heterocycles. The van der Waals surface area contributed by atoms with Crippen LogP contribution < -0.4 is 10.6 Å². The van der Waals surface area contributed by atoms with E-state index in [1.54, 1.807) is 12.4 Å². The highest BCUT2D eigenvalue weighted by Crippen LogP contribution is 2.27. The van der Waals surface area contributed by atoms with E-state index in [9.17, 15) is 8.78 Å². The summed E-state index contributed by atoms with van der Waals surface area (Å²) in [6.07, 6.45) is 3.50. The van der Waals surface area contributed by atoms with Crippen molar-refractivity contribution in [1.82, 2.24) is 20.2 Å². The molecule has 0 atom stereocenters. The number of aromatic nitrogens is 2. The lowest BCUT2D eigenvalue weighted by Crippen LogP contribution is -2.41. The first kappa shape index (κ1) is 18.7. The molecule has 0 radical (unpaired) electrons. The minimum atomic E-state index is -2.49. The van der Waals surface area contributed by atoms with Gasteiger partial charge in [-0.25, -0.2) is 18.7 Å². The molecule has 7 heteroatoms. The van der Waals surface area contributed by atoms with Gasteiger partial charge in [-0.05, 0) is 24.2 Å². The van der Waals surface area contributed by atoms with Gasteiger partial charge in [0.2, 0.25) is 5.95 Å². The molecule has 3 rings (SSSR count). The number of likely N-dealkylation sites (tertiary alicyclic amines) is 1. The molecule has 1 aromatic carbocycles. The number of rotatable bonds is 7. The summed E-state index contributed by atoms with van der Waals surface area (Å²) in [5.74, 6) is -1.93. The van der Waals surface area contributed by atoms with Crippen LogP contribution >= 0.6 is 0 Å². The van der Waals surface area contributed by atoms with Crippen LogP contribution in [0.3, 0.4) is 0 Å². The van der Waals surface area contributed by atoms with Crippen molar-refractivity contribution in [3.8, 4) is 11.1 Å². The fourth-order valence-electron chi connectivity index (χ4n) is 3.06. The summed E-state index contributed by atoms with van der Waals surface area (Å²) in [4.78, 5) is 10.8. The summed E-state index contributed by atoms with van der Waals surface area (Å²) in [6, 6.07) is 8.26. The predicted molar refractivity (Wildman–Crippen MR) is 99.3 cm³/mol. The summed E-state index contributed by atoms with van der Waals surface area (Å²) < 4.78 is 26.3. The van der Waals surface area contributed by atoms with Gasteiger partial charge in [-0.3, -0.25) is 0 Å². The van der Waals surface area contributed by atoms with Crippen molar-refractivity contribution in [3.63, 3.8) is 0 Å². The lowest BCUT2D eigenvalue weighted by molar-refractivity contribution is -0.0543. The van der Waals surface area contributed by atoms with Crippen LogP contribution in [0.2, 0.25) is 0 Å². The second-order valence-electron chi connectivity index (χ2n) is 6.65. The molecule has 1 aliphatic rings. The summed E-state index contributed by atoms with van der Waals surface area (Å²) in [5.41, 5.74) is 3.25. The zero-order valence-electron chi connectivity index (χ0n) is 15.0. The van der Waals surface area contributed by atoms with Gasteiger partial charge >= 0.3 is 0 Å². The third kappa shape index (κ3) is 5.19. The lowest BCUT2D eigenvalue weighted by atomic mass is 10.1. The van der Waals surface area contributed by atoms with Crippen molar-refractivity contribution < 1.29 is 8.78 Å². The Kier molecular flexibility index (Phi) is 6.11. The average molecular weight is 361 g/mol. The van der Waals surface area contributed by atoms with Gasteiger partial charge < -0.3 is 15.5 Å². The van der Waals surface area contributed by atoms with Crippen molar-refractivity contribution in [2.45, 2.75) is 25.3 Å². The molecule has 0 saturated carbocycles. The van der Waals surface area contributed by atoms with Gasteiger partial charge in [0.25, 0.3) is 5.92 Å². The van der Waals surface area contributed by atoms with Crippen LogP contribution in [0.25, 0.3) is 11.1 Å². The van der Waals surface area contributed by atoms with E-state index in [2.05, 4.69) is 32.7 Å². The number of hydrogen-bond donors (Lipinski definition) is 2. The molecule has 1 saturated heterocycles. The smallest absolute Gasteiger partial charge is 0.250 e. The molecule has 1 fully saturated rings. The van der Waals surface area contributed by atoms with Gasteiger partial charge in [-0.15, -0.1) is 0 Å². The molecule has 0 amide bonds. The van der Waals surface area contributed by atoms with Gasteiger partial charge in [-0.1, -0.05) is 18.2 Å². The maximum atomic E-state index is 13.1. The summed E-state index contributed by atoms with van der Waals surface area (Å²) in [7, 11) is 1.92. The minimum Gasteiger partial charge on any atom is -0.353 e. The van der Waals surface area contributed by atoms with Crippen molar-refractivity contribution in [2.75, 3.05) is 38.5 Å². The Bertz CT molecular complexity index is 695. The van der Waals surface area contributed by atoms with Gasteiger partial charge in [0, 0.05) is 63.5 Å². The molecular weight excluding hydrogens is 336 g/mol. The topological polar surface area (TPSA) is 53.1 Å². The van der Waals surface area contributed by atoms with E-state index in [0.717, 1.165) is 17.7 Å². The molecule has 0 aliphatic carbocycles. The first-order valence-electron chi connectivity index (χ1n) is 8.96. The highest BCUT2D eigenvalue weighted by atomic mass is 19.3. The monoisotopic (exact) mass is 361 g/mol. The van der Waals surface area contributed by atoms with E-state index >= 15 is 0 Å². The van der Waals surface area contributed by atoms with Crippen LogP contribution in [-0.2, 0) is 6.54 Å². The van der Waals surface area contributed by atoms with E-state index < -0.39 is 5.92 Å². The Labute approximate surface area is 152 Å². The summed E-state index contributed by atoms with van der Waals surface area (Å²) in [5, 5.41) is 6.30. The SMILES string of the molecule is CNCc1cccc(-c2cnc(NCCN3CCC(F)(F)CC3)nc2)c1. The van der Waals surface area contributed by atoms with Crippen molar-refractivity contribution >= 4 is 5.95 Å². The van der Waals surface area contributed by atoms with Gasteiger partial charge in [0.05, 0.1) is 0 Å². The minimum absolute atomic E-state index is 0.0508. The van der Waals surface area contributed by atoms with Crippen molar-refractivity contribution in [2.24, 2.45) is 0 Å². The molecule has 140 valence electrons. The Morgan fingerprint density at radius 3 is 2.54 bits per heavy atom. The van der Waals surface area contributed by atoms with Crippen molar-refractivity contribution in [3.05, 3.63) is 42.2 Å². The quantitative estimate of drug-likeness (QED) is 0.794. The Morgan fingerprint density at radius 2 is 1.85 bits per heavy atom. The van der Waals surface area contributed by atoms with Gasteiger partial charge in [0.1, 0.15) is 0 Å². The number of benzene rings is 1. The van der Waals surface area contributed by atoms with Crippen LogP contribution in [-0.4, -0.2) is 54.0 Å².